The van der Waals surface area contributed by atoms with Gasteiger partial charge in [0.2, 0.25) is 5.91 Å². The first-order valence-electron chi connectivity index (χ1n) is 5.45. The van der Waals surface area contributed by atoms with Gasteiger partial charge in [-0.05, 0) is 24.5 Å². The minimum absolute atomic E-state index is 0.152. The van der Waals surface area contributed by atoms with Crippen molar-refractivity contribution in [3.8, 4) is 0 Å². The number of amides is 1. The first-order chi connectivity index (χ1) is 8.08. The van der Waals surface area contributed by atoms with Crippen LogP contribution in [-0.4, -0.2) is 23.0 Å². The second-order valence-corrected chi connectivity index (χ2v) is 4.23. The van der Waals surface area contributed by atoms with E-state index in [9.17, 15) is 9.59 Å². The largest absolute Gasteiger partial charge is 0.480 e. The Morgan fingerprint density at radius 2 is 2.24 bits per heavy atom. The average molecular weight is 234 g/mol. The molecule has 0 radical (unpaired) electrons. The van der Waals surface area contributed by atoms with Gasteiger partial charge in [-0.3, -0.25) is 9.59 Å². The van der Waals surface area contributed by atoms with Crippen LogP contribution in [0.25, 0.3) is 0 Å². The molecule has 0 saturated carbocycles. The Morgan fingerprint density at radius 3 is 2.94 bits per heavy atom. The van der Waals surface area contributed by atoms with Crippen molar-refractivity contribution in [3.63, 3.8) is 0 Å². The van der Waals surface area contributed by atoms with Crippen LogP contribution < -0.4 is 11.1 Å². The van der Waals surface area contributed by atoms with Gasteiger partial charge < -0.3 is 16.2 Å². The van der Waals surface area contributed by atoms with Crippen molar-refractivity contribution in [1.29, 1.82) is 0 Å². The van der Waals surface area contributed by atoms with Crippen LogP contribution >= 0.6 is 0 Å². The number of hydrogen-bond donors (Lipinski definition) is 3. The van der Waals surface area contributed by atoms with Gasteiger partial charge in [-0.1, -0.05) is 18.2 Å². The number of hydrogen-bond acceptors (Lipinski definition) is 3. The maximum Gasteiger partial charge on any atom is 0.320 e. The van der Waals surface area contributed by atoms with Crippen molar-refractivity contribution in [2.45, 2.75) is 18.9 Å². The molecule has 0 saturated heterocycles. The SMILES string of the molecule is N[C@@H](CC1Cc2ccccc2NC1=O)C(=O)O. The zero-order chi connectivity index (χ0) is 12.4. The highest BCUT2D eigenvalue weighted by atomic mass is 16.4. The number of carbonyl (C=O) groups excluding carboxylic acids is 1. The summed E-state index contributed by atoms with van der Waals surface area (Å²) in [5.41, 5.74) is 7.28. The van der Waals surface area contributed by atoms with Gasteiger partial charge in [0.1, 0.15) is 6.04 Å². The van der Waals surface area contributed by atoms with E-state index in [1.165, 1.54) is 0 Å². The standard InChI is InChI=1S/C12H14N2O3/c13-9(12(16)17)6-8-5-7-3-1-2-4-10(7)14-11(8)15/h1-4,8-9H,5-6,13H2,(H,14,15)(H,16,17)/t8?,9-/m0/s1. The van der Waals surface area contributed by atoms with Crippen LogP contribution in [0.3, 0.4) is 0 Å². The highest BCUT2D eigenvalue weighted by molar-refractivity contribution is 5.96. The number of rotatable bonds is 3. The number of nitrogens with one attached hydrogen (secondary N) is 1. The van der Waals surface area contributed by atoms with E-state index in [0.29, 0.717) is 6.42 Å². The molecule has 0 aromatic heterocycles. The van der Waals surface area contributed by atoms with E-state index in [4.69, 9.17) is 10.8 Å². The Morgan fingerprint density at radius 1 is 1.53 bits per heavy atom. The smallest absolute Gasteiger partial charge is 0.320 e. The summed E-state index contributed by atoms with van der Waals surface area (Å²) in [6, 6.07) is 6.51. The lowest BCUT2D eigenvalue weighted by Crippen LogP contribution is -2.38. The van der Waals surface area contributed by atoms with Crippen molar-refractivity contribution in [1.82, 2.24) is 0 Å². The fourth-order valence-electron chi connectivity index (χ4n) is 2.01. The van der Waals surface area contributed by atoms with E-state index in [0.717, 1.165) is 11.3 Å². The Bertz CT molecular complexity index is 459. The zero-order valence-corrected chi connectivity index (χ0v) is 9.22. The zero-order valence-electron chi connectivity index (χ0n) is 9.22. The number of anilines is 1. The summed E-state index contributed by atoms with van der Waals surface area (Å²) in [5.74, 6) is -1.59. The van der Waals surface area contributed by atoms with Gasteiger partial charge in [0, 0.05) is 11.6 Å². The van der Waals surface area contributed by atoms with Crippen LogP contribution in [0.4, 0.5) is 5.69 Å². The second-order valence-electron chi connectivity index (χ2n) is 4.23. The third-order valence-electron chi connectivity index (χ3n) is 2.97. The fraction of sp³-hybridized carbons (Fsp3) is 0.333. The Kier molecular flexibility index (Phi) is 3.10. The molecule has 0 aliphatic carbocycles. The summed E-state index contributed by atoms with van der Waals surface area (Å²) in [7, 11) is 0. The van der Waals surface area contributed by atoms with Gasteiger partial charge >= 0.3 is 5.97 Å². The number of nitrogens with two attached hydrogens (primary N) is 1. The lowest BCUT2D eigenvalue weighted by Gasteiger charge is -2.25. The van der Waals surface area contributed by atoms with Crippen LogP contribution in [-0.2, 0) is 16.0 Å². The molecule has 5 heteroatoms. The maximum atomic E-state index is 11.8. The minimum atomic E-state index is -1.07. The normalized spacial score (nSPS) is 20.3. The molecule has 2 atom stereocenters. The molecule has 0 fully saturated rings. The van der Waals surface area contributed by atoms with Crippen LogP contribution in [0.5, 0.6) is 0 Å². The van der Waals surface area contributed by atoms with Crippen molar-refractivity contribution in [3.05, 3.63) is 29.8 Å². The second kappa shape index (κ2) is 4.55. The summed E-state index contributed by atoms with van der Waals surface area (Å²) < 4.78 is 0. The molecule has 0 bridgehead atoms. The topological polar surface area (TPSA) is 92.4 Å². The number of aliphatic carboxylic acids is 1. The summed E-state index contributed by atoms with van der Waals surface area (Å²) >= 11 is 0. The van der Waals surface area contributed by atoms with Gasteiger partial charge in [0.25, 0.3) is 0 Å². The number of carboxylic acids is 1. The number of fused-ring (bicyclic) bond motifs is 1. The van der Waals surface area contributed by atoms with E-state index in [2.05, 4.69) is 5.32 Å². The molecule has 1 amide bonds. The Labute approximate surface area is 98.6 Å². The van der Waals surface area contributed by atoms with Crippen LogP contribution in [0.2, 0.25) is 0 Å². The molecule has 1 heterocycles. The number of carbonyl (C=O) groups is 2. The first-order valence-corrected chi connectivity index (χ1v) is 5.45. The van der Waals surface area contributed by atoms with Gasteiger partial charge in [0.15, 0.2) is 0 Å². The predicted molar refractivity (Wildman–Crippen MR) is 62.5 cm³/mol. The number of benzene rings is 1. The molecule has 5 nitrogen and oxygen atoms in total. The van der Waals surface area contributed by atoms with Crippen molar-refractivity contribution in [2.24, 2.45) is 11.7 Å². The summed E-state index contributed by atoms with van der Waals surface area (Å²) in [4.78, 5) is 22.4. The third kappa shape index (κ3) is 2.45. The summed E-state index contributed by atoms with van der Waals surface area (Å²) in [5, 5.41) is 11.5. The maximum absolute atomic E-state index is 11.8. The molecule has 90 valence electrons. The summed E-state index contributed by atoms with van der Waals surface area (Å²) in [6.45, 7) is 0. The minimum Gasteiger partial charge on any atom is -0.480 e. The molecule has 17 heavy (non-hydrogen) atoms. The third-order valence-corrected chi connectivity index (χ3v) is 2.97. The molecular formula is C12H14N2O3. The van der Waals surface area contributed by atoms with Crippen LogP contribution in [0.1, 0.15) is 12.0 Å². The Hall–Kier alpha value is -1.88. The number of para-hydroxylation sites is 1. The molecule has 1 aliphatic rings. The van der Waals surface area contributed by atoms with E-state index >= 15 is 0 Å². The molecule has 1 unspecified atom stereocenters. The summed E-state index contributed by atoms with van der Waals surface area (Å²) in [6.07, 6.45) is 0.707. The lowest BCUT2D eigenvalue weighted by atomic mass is 9.88. The highest BCUT2D eigenvalue weighted by Crippen LogP contribution is 2.27. The lowest BCUT2D eigenvalue weighted by molar-refractivity contribution is -0.139. The molecule has 2 rings (SSSR count). The highest BCUT2D eigenvalue weighted by Gasteiger charge is 2.29. The van der Waals surface area contributed by atoms with Crippen LogP contribution in [0.15, 0.2) is 24.3 Å². The fourth-order valence-corrected chi connectivity index (χ4v) is 2.01. The van der Waals surface area contributed by atoms with Crippen LogP contribution in [0, 0.1) is 5.92 Å². The monoisotopic (exact) mass is 234 g/mol. The molecular weight excluding hydrogens is 220 g/mol. The average Bonchev–Trinajstić information content (AvgIpc) is 2.29. The molecule has 1 aromatic carbocycles. The van der Waals surface area contributed by atoms with Crippen molar-refractivity contribution < 1.29 is 14.7 Å². The van der Waals surface area contributed by atoms with Gasteiger partial charge in [-0.25, -0.2) is 0 Å². The van der Waals surface area contributed by atoms with E-state index in [-0.39, 0.29) is 18.2 Å². The first kappa shape index (κ1) is 11.6. The van der Waals surface area contributed by atoms with Gasteiger partial charge in [-0.2, -0.15) is 0 Å². The predicted octanol–water partition coefficient (Wildman–Crippen LogP) is 0.599. The van der Waals surface area contributed by atoms with Gasteiger partial charge in [-0.15, -0.1) is 0 Å². The van der Waals surface area contributed by atoms with E-state index < -0.39 is 12.0 Å². The quantitative estimate of drug-likeness (QED) is 0.714. The van der Waals surface area contributed by atoms with E-state index in [1.54, 1.807) is 0 Å². The van der Waals surface area contributed by atoms with Crippen molar-refractivity contribution in [2.75, 3.05) is 5.32 Å². The molecule has 1 aromatic rings. The number of carboxylic acid groups (broad SMARTS) is 1. The molecule has 0 spiro atoms. The van der Waals surface area contributed by atoms with Crippen molar-refractivity contribution >= 4 is 17.6 Å². The Balaban J connectivity index is 2.12. The molecule has 4 N–H and O–H groups in total. The van der Waals surface area contributed by atoms with Gasteiger partial charge in [0.05, 0.1) is 0 Å². The molecule has 1 aliphatic heterocycles. The van der Waals surface area contributed by atoms with E-state index in [1.807, 2.05) is 24.3 Å².